The molecule has 21 heavy (non-hydrogen) atoms. The molecular formula is C12H17NO6S2. The van der Waals surface area contributed by atoms with Gasteiger partial charge in [-0.2, -0.15) is 0 Å². The second-order valence-electron chi connectivity index (χ2n) is 4.77. The molecule has 1 aliphatic rings. The lowest BCUT2D eigenvalue weighted by atomic mass is 9.95. The third-order valence-corrected chi connectivity index (χ3v) is 5.77. The van der Waals surface area contributed by atoms with Crippen LogP contribution in [-0.4, -0.2) is 52.0 Å². The number of esters is 1. The van der Waals surface area contributed by atoms with Crippen LogP contribution in [0.25, 0.3) is 0 Å². The molecule has 2 heterocycles. The average molecular weight is 335 g/mol. The van der Waals surface area contributed by atoms with Crippen LogP contribution in [0.15, 0.2) is 16.3 Å². The summed E-state index contributed by atoms with van der Waals surface area (Å²) < 4.78 is 36.6. The second-order valence-corrected chi connectivity index (χ2v) is 7.42. The average Bonchev–Trinajstić information content (AvgIpc) is 2.96. The van der Waals surface area contributed by atoms with Gasteiger partial charge in [-0.15, -0.1) is 11.3 Å². The van der Waals surface area contributed by atoms with Crippen molar-refractivity contribution in [3.05, 3.63) is 16.3 Å². The largest absolute Gasteiger partial charge is 0.465 e. The van der Waals surface area contributed by atoms with E-state index in [0.29, 0.717) is 26.1 Å². The Morgan fingerprint density at radius 1 is 1.52 bits per heavy atom. The van der Waals surface area contributed by atoms with Crippen LogP contribution in [0.1, 0.15) is 22.5 Å². The molecule has 2 rings (SSSR count). The number of rotatable bonds is 5. The maximum Gasteiger partial charge on any atom is 0.349 e. The van der Waals surface area contributed by atoms with Crippen LogP contribution in [0.5, 0.6) is 0 Å². The molecule has 0 amide bonds. The summed E-state index contributed by atoms with van der Waals surface area (Å²) in [6, 6.07) is 1.34. The number of methoxy groups -OCH3 is 1. The Balaban J connectivity index is 2.12. The van der Waals surface area contributed by atoms with Gasteiger partial charge in [0.05, 0.1) is 12.7 Å². The second kappa shape index (κ2) is 6.41. The van der Waals surface area contributed by atoms with Crippen molar-refractivity contribution in [1.82, 2.24) is 4.72 Å². The predicted octanol–water partition coefficient (Wildman–Crippen LogP) is 0.354. The summed E-state index contributed by atoms with van der Waals surface area (Å²) in [6.45, 7) is 0.670. The maximum atomic E-state index is 12.3. The molecule has 9 heteroatoms. The molecule has 0 radical (unpaired) electrons. The summed E-state index contributed by atoms with van der Waals surface area (Å²) in [6.07, 6.45) is 0.728. The molecule has 1 aliphatic heterocycles. The van der Waals surface area contributed by atoms with E-state index in [1.54, 1.807) is 0 Å². The van der Waals surface area contributed by atoms with Gasteiger partial charge in [0, 0.05) is 32.6 Å². The Morgan fingerprint density at radius 3 is 2.81 bits per heavy atom. The molecule has 0 spiro atoms. The minimum Gasteiger partial charge on any atom is -0.465 e. The van der Waals surface area contributed by atoms with E-state index in [4.69, 9.17) is 4.74 Å². The van der Waals surface area contributed by atoms with Crippen molar-refractivity contribution in [3.63, 3.8) is 0 Å². The van der Waals surface area contributed by atoms with Gasteiger partial charge in [-0.05, 0) is 11.4 Å². The number of ether oxygens (including phenoxy) is 2. The van der Waals surface area contributed by atoms with Crippen molar-refractivity contribution in [2.24, 2.45) is 0 Å². The van der Waals surface area contributed by atoms with Gasteiger partial charge in [0.25, 0.3) is 0 Å². The van der Waals surface area contributed by atoms with Gasteiger partial charge in [-0.1, -0.05) is 0 Å². The van der Waals surface area contributed by atoms with Crippen molar-refractivity contribution < 1.29 is 27.8 Å². The molecule has 1 saturated heterocycles. The van der Waals surface area contributed by atoms with Gasteiger partial charge in [0.2, 0.25) is 10.0 Å². The normalized spacial score (nSPS) is 18.4. The van der Waals surface area contributed by atoms with Gasteiger partial charge >= 0.3 is 5.97 Å². The van der Waals surface area contributed by atoms with Gasteiger partial charge in [-0.25, -0.2) is 17.9 Å². The first kappa shape index (κ1) is 16.4. The monoisotopic (exact) mass is 335 g/mol. The molecule has 1 aromatic heterocycles. The summed E-state index contributed by atoms with van der Waals surface area (Å²) in [5.41, 5.74) is -1.12. The van der Waals surface area contributed by atoms with Crippen molar-refractivity contribution in [1.29, 1.82) is 0 Å². The van der Waals surface area contributed by atoms with E-state index in [1.807, 2.05) is 0 Å². The molecule has 0 atom stereocenters. The molecule has 0 aromatic carbocycles. The van der Waals surface area contributed by atoms with Crippen molar-refractivity contribution in [2.45, 2.75) is 23.3 Å². The van der Waals surface area contributed by atoms with Gasteiger partial charge in [0.15, 0.2) is 0 Å². The minimum absolute atomic E-state index is 0.0176. The highest BCUT2D eigenvalue weighted by Crippen LogP contribution is 2.24. The van der Waals surface area contributed by atoms with E-state index in [2.05, 4.69) is 9.46 Å². The lowest BCUT2D eigenvalue weighted by Crippen LogP contribution is -2.46. The Kier molecular flexibility index (Phi) is 4.99. The third-order valence-electron chi connectivity index (χ3n) is 3.30. The first-order valence-electron chi connectivity index (χ1n) is 6.34. The number of nitrogens with one attached hydrogen (secondary N) is 1. The molecule has 118 valence electrons. The van der Waals surface area contributed by atoms with Crippen LogP contribution >= 0.6 is 11.3 Å². The minimum atomic E-state index is -3.88. The molecule has 0 unspecified atom stereocenters. The zero-order valence-corrected chi connectivity index (χ0v) is 13.1. The number of sulfonamides is 1. The Bertz CT molecular complexity index is 603. The highest BCUT2D eigenvalue weighted by molar-refractivity contribution is 7.89. The summed E-state index contributed by atoms with van der Waals surface area (Å²) in [4.78, 5) is 11.4. The first-order chi connectivity index (χ1) is 9.88. The van der Waals surface area contributed by atoms with Crippen LogP contribution in [-0.2, 0) is 19.5 Å². The number of thiophene rings is 1. The van der Waals surface area contributed by atoms with E-state index in [9.17, 15) is 18.3 Å². The summed E-state index contributed by atoms with van der Waals surface area (Å²) in [5.74, 6) is -0.699. The Hall–Kier alpha value is -1.00. The molecular weight excluding hydrogens is 318 g/mol. The SMILES string of the molecule is COC(=O)c1sccc1S(=O)(=O)NCC1(O)CCOCC1. The topological polar surface area (TPSA) is 102 Å². The number of carbonyl (C=O) groups excluding carboxylic acids is 1. The first-order valence-corrected chi connectivity index (χ1v) is 8.70. The standard InChI is InChI=1S/C12H17NO6S2/c1-18-11(14)10-9(2-7-20-10)21(16,17)13-8-12(15)3-5-19-6-4-12/h2,7,13,15H,3-6,8H2,1H3. The Labute approximate surface area is 126 Å². The maximum absolute atomic E-state index is 12.3. The van der Waals surface area contributed by atoms with Crippen LogP contribution in [0.2, 0.25) is 0 Å². The third kappa shape index (κ3) is 3.80. The van der Waals surface area contributed by atoms with Crippen LogP contribution in [0.4, 0.5) is 0 Å². The van der Waals surface area contributed by atoms with Crippen LogP contribution < -0.4 is 4.72 Å². The molecule has 0 aliphatic carbocycles. The van der Waals surface area contributed by atoms with Crippen molar-refractivity contribution in [3.8, 4) is 0 Å². The number of hydrogen-bond acceptors (Lipinski definition) is 7. The zero-order valence-electron chi connectivity index (χ0n) is 11.5. The van der Waals surface area contributed by atoms with Gasteiger partial charge in [-0.3, -0.25) is 0 Å². The summed E-state index contributed by atoms with van der Waals surface area (Å²) >= 11 is 0.993. The fourth-order valence-corrected chi connectivity index (χ4v) is 4.44. The number of carbonyl (C=O) groups is 1. The molecule has 0 bridgehead atoms. The molecule has 2 N–H and O–H groups in total. The van der Waals surface area contributed by atoms with E-state index >= 15 is 0 Å². The summed E-state index contributed by atoms with van der Waals surface area (Å²) in [5, 5.41) is 11.8. The molecule has 1 fully saturated rings. The fourth-order valence-electron chi connectivity index (χ4n) is 1.99. The fraction of sp³-hybridized carbons (Fsp3) is 0.583. The van der Waals surface area contributed by atoms with E-state index in [1.165, 1.54) is 18.6 Å². The van der Waals surface area contributed by atoms with Crippen molar-refractivity contribution in [2.75, 3.05) is 26.9 Å². The predicted molar refractivity (Wildman–Crippen MR) is 75.8 cm³/mol. The summed E-state index contributed by atoms with van der Waals surface area (Å²) in [7, 11) is -2.69. The molecule has 1 aromatic rings. The van der Waals surface area contributed by atoms with Crippen molar-refractivity contribution >= 4 is 27.3 Å². The number of aliphatic hydroxyl groups is 1. The zero-order chi connectivity index (χ0) is 15.5. The Morgan fingerprint density at radius 2 is 2.19 bits per heavy atom. The van der Waals surface area contributed by atoms with E-state index in [0.717, 1.165) is 11.3 Å². The van der Waals surface area contributed by atoms with E-state index < -0.39 is 21.6 Å². The smallest absolute Gasteiger partial charge is 0.349 e. The van der Waals surface area contributed by atoms with E-state index in [-0.39, 0.29) is 16.3 Å². The molecule has 7 nitrogen and oxygen atoms in total. The molecule has 0 saturated carbocycles. The van der Waals surface area contributed by atoms with Gasteiger partial charge < -0.3 is 14.6 Å². The quantitative estimate of drug-likeness (QED) is 0.753. The van der Waals surface area contributed by atoms with Crippen LogP contribution in [0, 0.1) is 0 Å². The number of hydrogen-bond donors (Lipinski definition) is 2. The van der Waals surface area contributed by atoms with Crippen LogP contribution in [0.3, 0.4) is 0 Å². The lowest BCUT2D eigenvalue weighted by molar-refractivity contribution is -0.0588. The lowest BCUT2D eigenvalue weighted by Gasteiger charge is -2.31. The highest BCUT2D eigenvalue weighted by atomic mass is 32.2. The van der Waals surface area contributed by atoms with Gasteiger partial charge in [0.1, 0.15) is 9.77 Å². The highest BCUT2D eigenvalue weighted by Gasteiger charge is 2.33.